The predicted octanol–water partition coefficient (Wildman–Crippen LogP) is 4.04. The van der Waals surface area contributed by atoms with Crippen LogP contribution in [0.4, 0.5) is 11.4 Å². The number of nitrogens with one attached hydrogen (secondary N) is 2. The largest absolute Gasteiger partial charge is 0.444 e. The molecule has 0 fully saturated rings. The highest BCUT2D eigenvalue weighted by Gasteiger charge is 2.15. The fourth-order valence-corrected chi connectivity index (χ4v) is 4.48. The minimum atomic E-state index is -3.40. The number of carbonyl (C=O) groups excluding carboxylic acids is 1. The van der Waals surface area contributed by atoms with Crippen LogP contribution in [0, 0.1) is 6.92 Å². The lowest BCUT2D eigenvalue weighted by Gasteiger charge is -2.14. The van der Waals surface area contributed by atoms with Gasteiger partial charge in [0.25, 0.3) is 0 Å². The van der Waals surface area contributed by atoms with E-state index in [2.05, 4.69) is 15.0 Å². The summed E-state index contributed by atoms with van der Waals surface area (Å²) in [6, 6.07) is 8.89. The van der Waals surface area contributed by atoms with Crippen molar-refractivity contribution in [1.82, 2.24) is 4.98 Å². The average molecular weight is 420 g/mol. The molecule has 3 aromatic rings. The summed E-state index contributed by atoms with van der Waals surface area (Å²) >= 11 is 1.51. The highest BCUT2D eigenvalue weighted by atomic mass is 32.2. The number of nitrogens with zero attached hydrogens (tertiary/aromatic N) is 1. The number of aromatic nitrogens is 1. The molecule has 0 spiro atoms. The molecule has 1 aromatic carbocycles. The predicted molar refractivity (Wildman–Crippen MR) is 111 cm³/mol. The quantitative estimate of drug-likeness (QED) is 0.574. The van der Waals surface area contributed by atoms with E-state index in [1.54, 1.807) is 32.0 Å². The average Bonchev–Trinajstić information content (AvgIpc) is 3.29. The van der Waals surface area contributed by atoms with Crippen molar-refractivity contribution in [3.63, 3.8) is 0 Å². The number of hydrogen-bond acceptors (Lipinski definition) is 6. The summed E-state index contributed by atoms with van der Waals surface area (Å²) in [5.74, 6) is 0.269. The van der Waals surface area contributed by atoms with E-state index in [-0.39, 0.29) is 18.1 Å². The third kappa shape index (κ3) is 4.99. The zero-order valence-corrected chi connectivity index (χ0v) is 17.2. The van der Waals surface area contributed by atoms with Gasteiger partial charge in [-0.25, -0.2) is 13.4 Å². The van der Waals surface area contributed by atoms with E-state index in [1.807, 2.05) is 17.5 Å². The second-order valence-electron chi connectivity index (χ2n) is 6.25. The van der Waals surface area contributed by atoms with E-state index >= 15 is 0 Å². The third-order valence-corrected chi connectivity index (χ3v) is 6.31. The lowest BCUT2D eigenvalue weighted by Crippen LogP contribution is -2.18. The maximum absolute atomic E-state index is 12.4. The highest BCUT2D eigenvalue weighted by Crippen LogP contribution is 2.26. The molecular weight excluding hydrogens is 398 g/mol. The van der Waals surface area contributed by atoms with Gasteiger partial charge in [0.15, 0.2) is 0 Å². The van der Waals surface area contributed by atoms with Crippen molar-refractivity contribution in [1.29, 1.82) is 0 Å². The highest BCUT2D eigenvalue weighted by molar-refractivity contribution is 7.92. The van der Waals surface area contributed by atoms with Crippen molar-refractivity contribution in [3.8, 4) is 10.8 Å². The van der Waals surface area contributed by atoms with Crippen LogP contribution < -0.4 is 10.0 Å². The van der Waals surface area contributed by atoms with Crippen molar-refractivity contribution >= 4 is 38.6 Å². The first-order chi connectivity index (χ1) is 13.4. The van der Waals surface area contributed by atoms with E-state index in [1.165, 1.54) is 17.6 Å². The number of benzene rings is 1. The van der Waals surface area contributed by atoms with Gasteiger partial charge in [0.2, 0.25) is 21.8 Å². The molecule has 1 amide bonds. The van der Waals surface area contributed by atoms with Gasteiger partial charge in [-0.05, 0) is 42.5 Å². The molecule has 148 valence electrons. The van der Waals surface area contributed by atoms with Crippen molar-refractivity contribution in [2.75, 3.05) is 15.8 Å². The third-order valence-electron chi connectivity index (χ3n) is 3.97. The molecule has 0 aliphatic carbocycles. The molecule has 2 N–H and O–H groups in total. The number of amides is 1. The number of rotatable bonds is 8. The molecule has 0 aliphatic heterocycles. The zero-order valence-electron chi connectivity index (χ0n) is 15.6. The molecule has 2 aromatic heterocycles. The van der Waals surface area contributed by atoms with Gasteiger partial charge in [-0.3, -0.25) is 9.52 Å². The summed E-state index contributed by atoms with van der Waals surface area (Å²) < 4.78 is 32.0. The molecule has 0 unspecified atom stereocenters. The van der Waals surface area contributed by atoms with Gasteiger partial charge < -0.3 is 9.73 Å². The number of thiophene rings is 1. The van der Waals surface area contributed by atoms with Crippen LogP contribution in [-0.4, -0.2) is 25.1 Å². The molecule has 0 saturated heterocycles. The van der Waals surface area contributed by atoms with Gasteiger partial charge in [-0.15, -0.1) is 11.3 Å². The lowest BCUT2D eigenvalue weighted by molar-refractivity contribution is -0.115. The van der Waals surface area contributed by atoms with Crippen molar-refractivity contribution in [3.05, 3.63) is 53.2 Å². The van der Waals surface area contributed by atoms with Crippen LogP contribution in [0.5, 0.6) is 0 Å². The van der Waals surface area contributed by atoms with E-state index in [0.717, 1.165) is 4.88 Å². The topological polar surface area (TPSA) is 101 Å². The molecule has 2 heterocycles. The molecule has 0 bridgehead atoms. The molecule has 0 aliphatic rings. The molecule has 0 saturated carbocycles. The molecule has 7 nitrogen and oxygen atoms in total. The first kappa shape index (κ1) is 20.1. The Morgan fingerprint density at radius 3 is 2.71 bits per heavy atom. The Labute approximate surface area is 167 Å². The molecular formula is C19H21N3O4S2. The first-order valence-electron chi connectivity index (χ1n) is 8.76. The monoisotopic (exact) mass is 419 g/mol. The number of carbonyl (C=O) groups is 1. The van der Waals surface area contributed by atoms with E-state index in [0.29, 0.717) is 34.9 Å². The Bertz CT molecular complexity index is 1060. The molecule has 28 heavy (non-hydrogen) atoms. The van der Waals surface area contributed by atoms with Gasteiger partial charge in [0.05, 0.1) is 28.4 Å². The van der Waals surface area contributed by atoms with E-state index in [9.17, 15) is 13.2 Å². The van der Waals surface area contributed by atoms with Crippen LogP contribution in [0.25, 0.3) is 10.8 Å². The van der Waals surface area contributed by atoms with Crippen LogP contribution in [0.1, 0.15) is 24.6 Å². The summed E-state index contributed by atoms with van der Waals surface area (Å²) in [5, 5.41) is 4.74. The second kappa shape index (κ2) is 8.57. The minimum absolute atomic E-state index is 0.0434. The number of sulfonamides is 1. The fraction of sp³-hybridized carbons (Fsp3) is 0.263. The van der Waals surface area contributed by atoms with Crippen LogP contribution in [0.2, 0.25) is 0 Å². The molecule has 0 radical (unpaired) electrons. The molecule has 0 atom stereocenters. The second-order valence-corrected chi connectivity index (χ2v) is 9.03. The summed E-state index contributed by atoms with van der Waals surface area (Å²) in [6.45, 7) is 3.56. The Morgan fingerprint density at radius 2 is 2.00 bits per heavy atom. The van der Waals surface area contributed by atoms with Crippen LogP contribution in [0.3, 0.4) is 0 Å². The summed E-state index contributed by atoms with van der Waals surface area (Å²) in [7, 11) is -3.40. The number of hydrogen-bond donors (Lipinski definition) is 2. The number of anilines is 2. The van der Waals surface area contributed by atoms with Crippen molar-refractivity contribution in [2.45, 2.75) is 26.7 Å². The summed E-state index contributed by atoms with van der Waals surface area (Å²) in [6.07, 6.45) is 2.05. The van der Waals surface area contributed by atoms with Gasteiger partial charge >= 0.3 is 0 Å². The normalized spacial score (nSPS) is 11.4. The first-order valence-corrected chi connectivity index (χ1v) is 11.3. The molecule has 9 heteroatoms. The molecule has 3 rings (SSSR count). The van der Waals surface area contributed by atoms with Gasteiger partial charge in [0, 0.05) is 5.69 Å². The maximum atomic E-state index is 12.4. The SMILES string of the molecule is CCCS(=O)(=O)Nc1cccc(NC(=O)Cc2coc(-c3cccs3)n2)c1C. The Morgan fingerprint density at radius 1 is 1.21 bits per heavy atom. The van der Waals surface area contributed by atoms with Crippen LogP contribution in [-0.2, 0) is 21.2 Å². The fourth-order valence-electron chi connectivity index (χ4n) is 2.63. The summed E-state index contributed by atoms with van der Waals surface area (Å²) in [5.41, 5.74) is 2.17. The van der Waals surface area contributed by atoms with Gasteiger partial charge in [0.1, 0.15) is 6.26 Å². The summed E-state index contributed by atoms with van der Waals surface area (Å²) in [4.78, 5) is 17.6. The maximum Gasteiger partial charge on any atom is 0.236 e. The van der Waals surface area contributed by atoms with Crippen LogP contribution >= 0.6 is 11.3 Å². The van der Waals surface area contributed by atoms with Gasteiger partial charge in [-0.2, -0.15) is 0 Å². The van der Waals surface area contributed by atoms with E-state index < -0.39 is 10.0 Å². The standard InChI is InChI=1S/C19H21N3O4S2/c1-3-10-28(24,25)22-16-7-4-6-15(13(16)2)21-18(23)11-14-12-26-19(20-14)17-8-5-9-27-17/h4-9,12,22H,3,10-11H2,1-2H3,(H,21,23). The lowest BCUT2D eigenvalue weighted by atomic mass is 10.1. The van der Waals surface area contributed by atoms with E-state index in [4.69, 9.17) is 4.42 Å². The smallest absolute Gasteiger partial charge is 0.236 e. The number of oxazole rings is 1. The Hall–Kier alpha value is -2.65. The Balaban J connectivity index is 1.68. The zero-order chi connectivity index (χ0) is 20.1. The van der Waals surface area contributed by atoms with Crippen LogP contribution in [0.15, 0.2) is 46.4 Å². The minimum Gasteiger partial charge on any atom is -0.444 e. The van der Waals surface area contributed by atoms with Crippen molar-refractivity contribution in [2.24, 2.45) is 0 Å². The Kier molecular flexibility index (Phi) is 6.15. The van der Waals surface area contributed by atoms with Crippen molar-refractivity contribution < 1.29 is 17.6 Å². The van der Waals surface area contributed by atoms with Gasteiger partial charge in [-0.1, -0.05) is 19.1 Å².